The number of carbonyl (C=O) groups excluding carboxylic acids is 1. The summed E-state index contributed by atoms with van der Waals surface area (Å²) >= 11 is 0. The minimum absolute atomic E-state index is 0.228. The molecule has 6 N–H and O–H groups in total. The van der Waals surface area contributed by atoms with Gasteiger partial charge in [-0.2, -0.15) is 0 Å². The van der Waals surface area contributed by atoms with Crippen molar-refractivity contribution in [3.8, 4) is 0 Å². The van der Waals surface area contributed by atoms with E-state index in [-0.39, 0.29) is 18.9 Å². The van der Waals surface area contributed by atoms with Crippen LogP contribution in [0, 0.1) is 0 Å². The van der Waals surface area contributed by atoms with Crippen LogP contribution in [-0.2, 0) is 14.3 Å². The van der Waals surface area contributed by atoms with E-state index in [0.29, 0.717) is 6.42 Å². The molecule has 9 heteroatoms. The number of nitrogens with one attached hydrogen (secondary N) is 1. The first kappa shape index (κ1) is 68.4. The van der Waals surface area contributed by atoms with E-state index in [9.17, 15) is 30.3 Å². The Bertz CT molecular complexity index is 1420. The number of carbonyl (C=O) groups is 1. The number of hydrogen-bond donors (Lipinski definition) is 6. The summed E-state index contributed by atoms with van der Waals surface area (Å²) in [6.07, 6.45) is 68.3. The Kier molecular flexibility index (Phi) is 49.5. The van der Waals surface area contributed by atoms with E-state index < -0.39 is 49.5 Å². The number of aliphatic hydroxyl groups is 5. The van der Waals surface area contributed by atoms with Crippen molar-refractivity contribution in [3.63, 3.8) is 0 Å². The molecule has 0 aliphatic carbocycles. The molecule has 0 saturated carbocycles. The Labute approximate surface area is 448 Å². The molecule has 1 heterocycles. The Morgan fingerprint density at radius 3 is 1.32 bits per heavy atom. The van der Waals surface area contributed by atoms with Gasteiger partial charge in [0.05, 0.1) is 25.4 Å². The van der Waals surface area contributed by atoms with E-state index in [1.54, 1.807) is 6.08 Å². The predicted octanol–water partition coefficient (Wildman–Crippen LogP) is 15.4. The van der Waals surface area contributed by atoms with E-state index in [2.05, 4.69) is 92.1 Å². The molecule has 422 valence electrons. The van der Waals surface area contributed by atoms with Gasteiger partial charge in [-0.3, -0.25) is 4.79 Å². The monoisotopic (exact) mass is 1020 g/mol. The van der Waals surface area contributed by atoms with Crippen molar-refractivity contribution in [1.82, 2.24) is 5.32 Å². The fourth-order valence-corrected chi connectivity index (χ4v) is 9.21. The van der Waals surface area contributed by atoms with Crippen molar-refractivity contribution < 1.29 is 39.8 Å². The van der Waals surface area contributed by atoms with E-state index >= 15 is 0 Å². The van der Waals surface area contributed by atoms with Crippen molar-refractivity contribution >= 4 is 5.91 Å². The summed E-state index contributed by atoms with van der Waals surface area (Å²) in [5, 5.41) is 54.4. The van der Waals surface area contributed by atoms with Gasteiger partial charge in [0.25, 0.3) is 0 Å². The molecule has 0 aromatic heterocycles. The van der Waals surface area contributed by atoms with Gasteiger partial charge < -0.3 is 40.3 Å². The molecule has 1 rings (SSSR count). The smallest absolute Gasteiger partial charge is 0.220 e. The number of unbranched alkanes of at least 4 members (excludes halogenated alkanes) is 29. The molecule has 73 heavy (non-hydrogen) atoms. The van der Waals surface area contributed by atoms with Crippen LogP contribution in [0.4, 0.5) is 0 Å². The summed E-state index contributed by atoms with van der Waals surface area (Å²) < 4.78 is 11.2. The second-order valence-corrected chi connectivity index (χ2v) is 20.8. The number of aliphatic hydroxyl groups excluding tert-OH is 5. The molecule has 0 spiro atoms. The summed E-state index contributed by atoms with van der Waals surface area (Å²) in [6.45, 7) is 3.63. The molecule has 1 amide bonds. The third-order valence-electron chi connectivity index (χ3n) is 14.0. The first-order chi connectivity index (χ1) is 35.8. The van der Waals surface area contributed by atoms with E-state index in [1.807, 2.05) is 6.08 Å². The van der Waals surface area contributed by atoms with Gasteiger partial charge in [-0.25, -0.2) is 0 Å². The third kappa shape index (κ3) is 42.2. The molecule has 9 nitrogen and oxygen atoms in total. The Hall–Kier alpha value is -2.63. The highest BCUT2D eigenvalue weighted by atomic mass is 16.7. The molecule has 0 bridgehead atoms. The van der Waals surface area contributed by atoms with Crippen LogP contribution in [0.3, 0.4) is 0 Å². The van der Waals surface area contributed by atoms with Crippen molar-refractivity contribution in [1.29, 1.82) is 0 Å². The molecule has 7 unspecified atom stereocenters. The highest BCUT2D eigenvalue weighted by Crippen LogP contribution is 2.23. The minimum atomic E-state index is -1.59. The fourth-order valence-electron chi connectivity index (χ4n) is 9.21. The zero-order valence-electron chi connectivity index (χ0n) is 46.9. The first-order valence-corrected chi connectivity index (χ1v) is 30.3. The maximum atomic E-state index is 13.0. The molecule has 1 aliphatic heterocycles. The topological polar surface area (TPSA) is 149 Å². The Balaban J connectivity index is 2.20. The number of ether oxygens (including phenoxy) is 2. The lowest BCUT2D eigenvalue weighted by Gasteiger charge is -2.40. The zero-order chi connectivity index (χ0) is 52.9. The standard InChI is InChI=1S/C64H113NO8/c1-3-5-7-9-11-13-15-17-19-21-22-23-24-25-26-27-28-29-30-31-32-33-34-35-36-38-39-41-43-45-47-49-51-53-58(67)57(56-72-64-63(71)62(70)61(69)59(55-66)73-64)65-60(68)54-52-50-48-46-44-42-40-37-20-18-16-14-12-10-8-6-4-2/h6,8,12,14,18,20,40,42-43,45-46,48,51,53,57-59,61-64,66-67,69-71H,3-5,7,9-11,13,15-17,19,21-39,41,44,47,49-50,52,54-56H2,1-2H3,(H,65,68)/b8-6-,14-12-,20-18-,42-40-,45-43+,48-46-,53-51+. The van der Waals surface area contributed by atoms with E-state index in [4.69, 9.17) is 9.47 Å². The van der Waals surface area contributed by atoms with Crippen LogP contribution in [0.15, 0.2) is 85.1 Å². The lowest BCUT2D eigenvalue weighted by atomic mass is 9.99. The lowest BCUT2D eigenvalue weighted by molar-refractivity contribution is -0.302. The molecular weight excluding hydrogens is 911 g/mol. The van der Waals surface area contributed by atoms with Gasteiger partial charge in [-0.15, -0.1) is 0 Å². The Morgan fingerprint density at radius 1 is 0.479 bits per heavy atom. The van der Waals surface area contributed by atoms with Crippen LogP contribution < -0.4 is 5.32 Å². The van der Waals surface area contributed by atoms with Crippen molar-refractivity contribution in [2.45, 2.75) is 301 Å². The Morgan fingerprint density at radius 2 is 0.863 bits per heavy atom. The fraction of sp³-hybridized carbons (Fsp3) is 0.766. The van der Waals surface area contributed by atoms with Crippen molar-refractivity contribution in [3.05, 3.63) is 85.1 Å². The van der Waals surface area contributed by atoms with Gasteiger partial charge >= 0.3 is 0 Å². The summed E-state index contributed by atoms with van der Waals surface area (Å²) in [5.74, 6) is -0.244. The normalized spacial score (nSPS) is 19.7. The number of allylic oxidation sites excluding steroid dienone is 13. The summed E-state index contributed by atoms with van der Waals surface area (Å²) in [6, 6.07) is -0.858. The largest absolute Gasteiger partial charge is 0.394 e. The van der Waals surface area contributed by atoms with Gasteiger partial charge in [-0.05, 0) is 70.6 Å². The van der Waals surface area contributed by atoms with Crippen LogP contribution in [0.2, 0.25) is 0 Å². The van der Waals surface area contributed by atoms with Crippen molar-refractivity contribution in [2.24, 2.45) is 0 Å². The van der Waals surface area contributed by atoms with Crippen LogP contribution >= 0.6 is 0 Å². The number of hydrogen-bond acceptors (Lipinski definition) is 8. The SMILES string of the molecule is CC/C=C\C/C=C\C/C=C\C/C=C\C/C=C\CCCC(=O)NC(COC1OC(CO)C(O)C(O)C1O)C(O)/C=C/CC/C=C/CCCCCCCCCCCCCCCCCCCCCCCCCCCCC. The molecular formula is C64H113NO8. The van der Waals surface area contributed by atoms with Crippen LogP contribution in [0.5, 0.6) is 0 Å². The van der Waals surface area contributed by atoms with Gasteiger partial charge in [0, 0.05) is 6.42 Å². The number of rotatable bonds is 51. The van der Waals surface area contributed by atoms with Gasteiger partial charge in [0.1, 0.15) is 24.4 Å². The third-order valence-corrected chi connectivity index (χ3v) is 14.0. The first-order valence-electron chi connectivity index (χ1n) is 30.3. The molecule has 1 saturated heterocycles. The zero-order valence-corrected chi connectivity index (χ0v) is 46.9. The second kappa shape index (κ2) is 52.8. The highest BCUT2D eigenvalue weighted by Gasteiger charge is 2.44. The van der Waals surface area contributed by atoms with Gasteiger partial charge in [0.15, 0.2) is 6.29 Å². The summed E-state index contributed by atoms with van der Waals surface area (Å²) in [4.78, 5) is 13.0. The molecule has 0 radical (unpaired) electrons. The molecule has 0 aromatic rings. The maximum absolute atomic E-state index is 13.0. The molecule has 1 aliphatic rings. The van der Waals surface area contributed by atoms with E-state index in [1.165, 1.54) is 173 Å². The average molecular weight is 1020 g/mol. The summed E-state index contributed by atoms with van der Waals surface area (Å²) in [7, 11) is 0. The minimum Gasteiger partial charge on any atom is -0.394 e. The molecule has 0 aromatic carbocycles. The van der Waals surface area contributed by atoms with Gasteiger partial charge in [0.2, 0.25) is 5.91 Å². The number of amides is 1. The molecule has 1 fully saturated rings. The van der Waals surface area contributed by atoms with Gasteiger partial charge in [-0.1, -0.05) is 266 Å². The quantitative estimate of drug-likeness (QED) is 0.0261. The van der Waals surface area contributed by atoms with E-state index in [0.717, 1.165) is 57.8 Å². The predicted molar refractivity (Wildman–Crippen MR) is 308 cm³/mol. The average Bonchev–Trinajstić information content (AvgIpc) is 3.39. The summed E-state index contributed by atoms with van der Waals surface area (Å²) in [5.41, 5.74) is 0. The highest BCUT2D eigenvalue weighted by molar-refractivity contribution is 5.76. The van der Waals surface area contributed by atoms with Crippen LogP contribution in [-0.4, -0.2) is 87.5 Å². The molecule has 7 atom stereocenters. The second-order valence-electron chi connectivity index (χ2n) is 20.8. The lowest BCUT2D eigenvalue weighted by Crippen LogP contribution is -2.60. The van der Waals surface area contributed by atoms with Crippen molar-refractivity contribution in [2.75, 3.05) is 13.2 Å². The van der Waals surface area contributed by atoms with Crippen LogP contribution in [0.25, 0.3) is 0 Å². The maximum Gasteiger partial charge on any atom is 0.220 e. The van der Waals surface area contributed by atoms with Crippen LogP contribution in [0.1, 0.15) is 258 Å².